The smallest absolute Gasteiger partial charge is 0.263 e. The Balaban J connectivity index is 1.51. The molecule has 1 saturated heterocycles. The summed E-state index contributed by atoms with van der Waals surface area (Å²) in [5.41, 5.74) is 0.701. The largest absolute Gasteiger partial charge is 0.345 e. The van der Waals surface area contributed by atoms with Crippen LogP contribution < -0.4 is 10.6 Å². The first kappa shape index (κ1) is 25.7. The van der Waals surface area contributed by atoms with E-state index in [2.05, 4.69) is 25.6 Å². The van der Waals surface area contributed by atoms with Crippen LogP contribution in [0.25, 0.3) is 11.0 Å². The van der Waals surface area contributed by atoms with Crippen molar-refractivity contribution in [3.8, 4) is 0 Å². The van der Waals surface area contributed by atoms with Crippen LogP contribution in [0.5, 0.6) is 0 Å². The second-order valence-corrected chi connectivity index (χ2v) is 10.3. The van der Waals surface area contributed by atoms with E-state index in [0.29, 0.717) is 22.8 Å². The van der Waals surface area contributed by atoms with Gasteiger partial charge in [-0.05, 0) is 51.7 Å². The molecule has 0 radical (unpaired) electrons. The van der Waals surface area contributed by atoms with Gasteiger partial charge in [-0.3, -0.25) is 14.4 Å². The summed E-state index contributed by atoms with van der Waals surface area (Å²) in [6.07, 6.45) is 5.07. The van der Waals surface area contributed by atoms with E-state index in [-0.39, 0.29) is 23.9 Å². The molecule has 0 spiro atoms. The molecular formula is C25H31FN6O3S. The van der Waals surface area contributed by atoms with Crippen LogP contribution in [0.1, 0.15) is 72.5 Å². The molecule has 9 nitrogen and oxygen atoms in total. The summed E-state index contributed by atoms with van der Waals surface area (Å²) < 4.78 is 14.1. The van der Waals surface area contributed by atoms with E-state index in [1.54, 1.807) is 26.0 Å². The zero-order chi connectivity index (χ0) is 25.8. The third-order valence-corrected chi connectivity index (χ3v) is 7.43. The summed E-state index contributed by atoms with van der Waals surface area (Å²) in [6.45, 7) is 6.19. The summed E-state index contributed by atoms with van der Waals surface area (Å²) in [5.74, 6) is -1.23. The van der Waals surface area contributed by atoms with Crippen LogP contribution in [0.15, 0.2) is 24.4 Å². The van der Waals surface area contributed by atoms with Crippen molar-refractivity contribution < 1.29 is 18.8 Å². The molecule has 2 aromatic heterocycles. The molecule has 11 heteroatoms. The van der Waals surface area contributed by atoms with Crippen LogP contribution in [0.4, 0.5) is 4.39 Å². The Morgan fingerprint density at radius 2 is 2.08 bits per heavy atom. The van der Waals surface area contributed by atoms with Crippen LogP contribution in [-0.2, 0) is 9.59 Å². The lowest BCUT2D eigenvalue weighted by atomic mass is 9.99. The highest BCUT2D eigenvalue weighted by atomic mass is 32.1. The van der Waals surface area contributed by atoms with Crippen molar-refractivity contribution in [3.05, 3.63) is 45.9 Å². The second-order valence-electron chi connectivity index (χ2n) is 9.11. The van der Waals surface area contributed by atoms with Gasteiger partial charge in [0.05, 0.1) is 29.2 Å². The monoisotopic (exact) mass is 514 g/mol. The maximum Gasteiger partial charge on any atom is 0.263 e. The van der Waals surface area contributed by atoms with Crippen molar-refractivity contribution in [2.45, 2.75) is 71.0 Å². The number of aromatic nitrogens is 3. The first-order valence-electron chi connectivity index (χ1n) is 12.2. The van der Waals surface area contributed by atoms with Crippen molar-refractivity contribution in [2.24, 2.45) is 0 Å². The van der Waals surface area contributed by atoms with Gasteiger partial charge in [-0.15, -0.1) is 11.3 Å². The van der Waals surface area contributed by atoms with E-state index in [0.717, 1.165) is 30.7 Å². The van der Waals surface area contributed by atoms with E-state index in [4.69, 9.17) is 0 Å². The van der Waals surface area contributed by atoms with Crippen molar-refractivity contribution >= 4 is 40.1 Å². The number of thiazole rings is 1. The van der Waals surface area contributed by atoms with Crippen LogP contribution in [0.3, 0.4) is 0 Å². The molecule has 192 valence electrons. The number of hydrogen-bond donors (Lipinski definition) is 3. The van der Waals surface area contributed by atoms with Gasteiger partial charge in [0.1, 0.15) is 22.3 Å². The number of hydrogen-bond acceptors (Lipinski definition) is 6. The predicted molar refractivity (Wildman–Crippen MR) is 135 cm³/mol. The van der Waals surface area contributed by atoms with Gasteiger partial charge in [0.15, 0.2) is 5.82 Å². The number of carbonyl (C=O) groups excluding carboxylic acids is 3. The topological polar surface area (TPSA) is 120 Å². The van der Waals surface area contributed by atoms with Crippen molar-refractivity contribution in [1.29, 1.82) is 0 Å². The number of nitrogens with one attached hydrogen (secondary N) is 3. The lowest BCUT2D eigenvalue weighted by Gasteiger charge is -2.36. The third kappa shape index (κ3) is 5.72. The van der Waals surface area contributed by atoms with Gasteiger partial charge in [-0.1, -0.05) is 13.0 Å². The molecule has 0 saturated carbocycles. The van der Waals surface area contributed by atoms with E-state index in [1.807, 2.05) is 11.8 Å². The maximum absolute atomic E-state index is 14.1. The molecule has 3 heterocycles. The molecule has 0 aliphatic carbocycles. The quantitative estimate of drug-likeness (QED) is 0.424. The van der Waals surface area contributed by atoms with Crippen molar-refractivity contribution in [1.82, 2.24) is 30.5 Å². The summed E-state index contributed by atoms with van der Waals surface area (Å²) in [5, 5.41) is 6.27. The Hall–Kier alpha value is -3.34. The fourth-order valence-electron chi connectivity index (χ4n) is 4.55. The number of halogens is 1. The van der Waals surface area contributed by atoms with Crippen molar-refractivity contribution in [2.75, 3.05) is 6.54 Å². The molecule has 3 N–H and O–H groups in total. The molecule has 3 atom stereocenters. The molecule has 3 amide bonds. The molecule has 0 unspecified atom stereocenters. The van der Waals surface area contributed by atoms with E-state index in [1.165, 1.54) is 23.6 Å². The average Bonchev–Trinajstić information content (AvgIpc) is 3.51. The van der Waals surface area contributed by atoms with Gasteiger partial charge >= 0.3 is 0 Å². The first-order valence-corrected chi connectivity index (χ1v) is 13.1. The van der Waals surface area contributed by atoms with Crippen LogP contribution in [0.2, 0.25) is 0 Å². The number of rotatable bonds is 8. The van der Waals surface area contributed by atoms with Gasteiger partial charge in [-0.25, -0.2) is 14.4 Å². The van der Waals surface area contributed by atoms with Gasteiger partial charge < -0.3 is 20.5 Å². The molecular weight excluding hydrogens is 483 g/mol. The number of para-hydroxylation sites is 1. The third-order valence-electron chi connectivity index (χ3n) is 6.52. The highest BCUT2D eigenvalue weighted by Crippen LogP contribution is 2.22. The number of fused-ring (bicyclic) bond motifs is 1. The molecule has 1 aliphatic heterocycles. The Morgan fingerprint density at radius 1 is 1.28 bits per heavy atom. The second kappa shape index (κ2) is 11.2. The minimum Gasteiger partial charge on any atom is -0.345 e. The lowest BCUT2D eigenvalue weighted by molar-refractivity contribution is -0.138. The highest BCUT2D eigenvalue weighted by Gasteiger charge is 2.32. The zero-order valence-electron chi connectivity index (χ0n) is 20.6. The number of piperidine rings is 1. The van der Waals surface area contributed by atoms with Gasteiger partial charge in [0.25, 0.3) is 5.91 Å². The zero-order valence-corrected chi connectivity index (χ0v) is 21.5. The van der Waals surface area contributed by atoms with E-state index < -0.39 is 29.7 Å². The fourth-order valence-corrected chi connectivity index (χ4v) is 5.23. The average molecular weight is 515 g/mol. The number of likely N-dealkylation sites (tertiary alicyclic amines) is 1. The van der Waals surface area contributed by atoms with E-state index >= 15 is 0 Å². The SMILES string of the molecule is CC[C@H]1CCCCN1C(=O)C[C@H](NC(=O)c1cnc(C)s1)C(=O)N[C@@H](C)c1nc2c(F)cccc2[nH]1. The Labute approximate surface area is 212 Å². The summed E-state index contributed by atoms with van der Waals surface area (Å²) in [6, 6.07) is 3.03. The number of imidazole rings is 1. The van der Waals surface area contributed by atoms with Gasteiger partial charge in [0, 0.05) is 12.6 Å². The highest BCUT2D eigenvalue weighted by molar-refractivity contribution is 7.13. The molecule has 1 fully saturated rings. The van der Waals surface area contributed by atoms with Crippen LogP contribution >= 0.6 is 11.3 Å². The molecule has 0 bridgehead atoms. The fraction of sp³-hybridized carbons (Fsp3) is 0.480. The Bertz CT molecular complexity index is 1260. The number of aromatic amines is 1. The van der Waals surface area contributed by atoms with Gasteiger partial charge in [0.2, 0.25) is 11.8 Å². The standard InChI is InChI=1S/C25H31FN6O3S/c1-4-16-8-5-6-11-32(16)21(33)12-19(30-25(35)20-13-27-15(3)36-20)24(34)28-14(2)23-29-18-10-7-9-17(26)22(18)31-23/h7,9-10,13-14,16,19H,4-6,8,11-12H2,1-3H3,(H,28,34)(H,29,31)(H,30,35)/t14-,16-,19-/m0/s1. The number of nitrogens with zero attached hydrogens (tertiary/aromatic N) is 3. The predicted octanol–water partition coefficient (Wildman–Crippen LogP) is 3.62. The number of amides is 3. The summed E-state index contributed by atoms with van der Waals surface area (Å²) in [7, 11) is 0. The minimum absolute atomic E-state index is 0.138. The number of benzene rings is 1. The number of H-pyrrole nitrogens is 1. The maximum atomic E-state index is 14.1. The molecule has 3 aromatic rings. The lowest BCUT2D eigenvalue weighted by Crippen LogP contribution is -2.51. The summed E-state index contributed by atoms with van der Waals surface area (Å²) >= 11 is 1.21. The molecule has 1 aliphatic rings. The first-order chi connectivity index (χ1) is 17.3. The van der Waals surface area contributed by atoms with Crippen LogP contribution in [0, 0.1) is 12.7 Å². The number of aryl methyl sites for hydroxylation is 1. The Morgan fingerprint density at radius 3 is 2.78 bits per heavy atom. The van der Waals surface area contributed by atoms with E-state index in [9.17, 15) is 18.8 Å². The minimum atomic E-state index is -1.09. The van der Waals surface area contributed by atoms with Gasteiger partial charge in [-0.2, -0.15) is 0 Å². The van der Waals surface area contributed by atoms with Crippen molar-refractivity contribution in [3.63, 3.8) is 0 Å². The molecule has 4 rings (SSSR count). The Kier molecular flexibility index (Phi) is 7.97. The molecule has 1 aromatic carbocycles. The molecule has 36 heavy (non-hydrogen) atoms. The number of carbonyl (C=O) groups is 3. The summed E-state index contributed by atoms with van der Waals surface area (Å²) in [4.78, 5) is 53.0. The normalized spacial score (nSPS) is 17.6. The van der Waals surface area contributed by atoms with Crippen LogP contribution in [-0.4, -0.2) is 56.2 Å².